The zero-order valence-electron chi connectivity index (χ0n) is 8.94. The quantitative estimate of drug-likeness (QED) is 0.688. The number of nitrogens with zero attached hydrogens (tertiary/aromatic N) is 3. The Balaban J connectivity index is 2.06. The third kappa shape index (κ3) is 2.26. The van der Waals surface area contributed by atoms with Crippen LogP contribution in [0.25, 0.3) is 0 Å². The van der Waals surface area contributed by atoms with Crippen molar-refractivity contribution in [3.63, 3.8) is 0 Å². The van der Waals surface area contributed by atoms with Crippen LogP contribution in [0, 0.1) is 0 Å². The van der Waals surface area contributed by atoms with Gasteiger partial charge in [0.1, 0.15) is 0 Å². The van der Waals surface area contributed by atoms with Crippen molar-refractivity contribution in [2.24, 2.45) is 0 Å². The largest absolute Gasteiger partial charge is 0.494 e. The summed E-state index contributed by atoms with van der Waals surface area (Å²) in [7, 11) is 1.61. The Hall–Kier alpha value is -1.58. The van der Waals surface area contributed by atoms with E-state index in [1.54, 1.807) is 19.5 Å². The van der Waals surface area contributed by atoms with Gasteiger partial charge < -0.3 is 9.64 Å². The van der Waals surface area contributed by atoms with Gasteiger partial charge in [0, 0.05) is 13.1 Å². The van der Waals surface area contributed by atoms with E-state index in [2.05, 4.69) is 21.4 Å². The molecule has 4 nitrogen and oxygen atoms in total. The van der Waals surface area contributed by atoms with E-state index >= 15 is 0 Å². The molecule has 0 aromatic carbocycles. The van der Waals surface area contributed by atoms with Gasteiger partial charge in [-0.2, -0.15) is 0 Å². The first-order valence-electron chi connectivity index (χ1n) is 5.07. The number of methoxy groups -OCH3 is 1. The van der Waals surface area contributed by atoms with Crippen LogP contribution < -0.4 is 9.64 Å². The second-order valence-corrected chi connectivity index (χ2v) is 3.66. The lowest BCUT2D eigenvalue weighted by Gasteiger charge is -2.27. The molecule has 0 spiro atoms. The number of piperidine rings is 1. The van der Waals surface area contributed by atoms with Crippen molar-refractivity contribution in [1.82, 2.24) is 9.97 Å². The Morgan fingerprint density at radius 1 is 1.27 bits per heavy atom. The summed E-state index contributed by atoms with van der Waals surface area (Å²) in [5.74, 6) is 1.48. The number of rotatable bonds is 2. The molecular formula is C11H15N3O. The highest BCUT2D eigenvalue weighted by molar-refractivity contribution is 5.33. The minimum absolute atomic E-state index is 0.695. The van der Waals surface area contributed by atoms with Crippen molar-refractivity contribution >= 4 is 5.95 Å². The number of ether oxygens (including phenoxy) is 1. The van der Waals surface area contributed by atoms with Crippen LogP contribution in [-0.4, -0.2) is 30.2 Å². The molecular weight excluding hydrogens is 190 g/mol. The van der Waals surface area contributed by atoms with Crippen molar-refractivity contribution in [2.75, 3.05) is 25.1 Å². The maximum Gasteiger partial charge on any atom is 0.225 e. The van der Waals surface area contributed by atoms with Gasteiger partial charge in [-0.05, 0) is 12.8 Å². The van der Waals surface area contributed by atoms with Gasteiger partial charge in [-0.25, -0.2) is 9.97 Å². The third-order valence-corrected chi connectivity index (χ3v) is 2.60. The van der Waals surface area contributed by atoms with Gasteiger partial charge in [0.15, 0.2) is 5.75 Å². The van der Waals surface area contributed by atoms with Crippen LogP contribution in [0.1, 0.15) is 12.8 Å². The maximum atomic E-state index is 5.02. The zero-order chi connectivity index (χ0) is 10.7. The lowest BCUT2D eigenvalue weighted by molar-refractivity contribution is 0.410. The molecule has 1 aromatic heterocycles. The number of aromatic nitrogens is 2. The number of hydrogen-bond donors (Lipinski definition) is 0. The van der Waals surface area contributed by atoms with E-state index < -0.39 is 0 Å². The summed E-state index contributed by atoms with van der Waals surface area (Å²) in [5, 5.41) is 0. The maximum absolute atomic E-state index is 5.02. The van der Waals surface area contributed by atoms with Crippen molar-refractivity contribution in [3.05, 3.63) is 24.5 Å². The molecule has 0 atom stereocenters. The molecule has 1 aromatic rings. The summed E-state index contributed by atoms with van der Waals surface area (Å²) < 4.78 is 5.02. The van der Waals surface area contributed by atoms with Crippen molar-refractivity contribution < 1.29 is 4.74 Å². The number of anilines is 1. The smallest absolute Gasteiger partial charge is 0.225 e. The Morgan fingerprint density at radius 3 is 2.40 bits per heavy atom. The molecule has 0 N–H and O–H groups in total. The molecule has 1 aliphatic rings. The van der Waals surface area contributed by atoms with E-state index in [0.29, 0.717) is 5.75 Å². The van der Waals surface area contributed by atoms with E-state index in [0.717, 1.165) is 31.9 Å². The van der Waals surface area contributed by atoms with Crippen molar-refractivity contribution in [1.29, 1.82) is 0 Å². The van der Waals surface area contributed by atoms with E-state index in [1.165, 1.54) is 5.57 Å². The molecule has 2 heterocycles. The molecule has 0 radical (unpaired) electrons. The summed E-state index contributed by atoms with van der Waals surface area (Å²) >= 11 is 0. The molecule has 0 unspecified atom stereocenters. The Labute approximate surface area is 89.6 Å². The van der Waals surface area contributed by atoms with Gasteiger partial charge in [0.25, 0.3) is 0 Å². The SMILES string of the molecule is C=C1CCN(c2ncc(OC)cn2)CC1. The summed E-state index contributed by atoms with van der Waals surface area (Å²) in [6.07, 6.45) is 5.47. The summed E-state index contributed by atoms with van der Waals surface area (Å²) in [6, 6.07) is 0. The van der Waals surface area contributed by atoms with E-state index in [4.69, 9.17) is 4.74 Å². The van der Waals surface area contributed by atoms with Gasteiger partial charge >= 0.3 is 0 Å². The molecule has 1 fully saturated rings. The van der Waals surface area contributed by atoms with E-state index in [-0.39, 0.29) is 0 Å². The minimum Gasteiger partial charge on any atom is -0.494 e. The van der Waals surface area contributed by atoms with Crippen molar-refractivity contribution in [3.8, 4) is 5.75 Å². The summed E-state index contributed by atoms with van der Waals surface area (Å²) in [5.41, 5.74) is 1.32. The number of hydrogen-bond acceptors (Lipinski definition) is 4. The van der Waals surface area contributed by atoms with Crippen LogP contribution >= 0.6 is 0 Å². The molecule has 80 valence electrons. The average molecular weight is 205 g/mol. The van der Waals surface area contributed by atoms with Crippen LogP contribution in [0.5, 0.6) is 5.75 Å². The highest BCUT2D eigenvalue weighted by atomic mass is 16.5. The molecule has 1 aliphatic heterocycles. The first kappa shape index (κ1) is 9.96. The molecule has 2 rings (SSSR count). The standard InChI is InChI=1S/C11H15N3O/c1-9-3-5-14(6-4-9)11-12-7-10(15-2)8-13-11/h7-8H,1,3-6H2,2H3. The predicted molar refractivity (Wildman–Crippen MR) is 59.2 cm³/mol. The monoisotopic (exact) mass is 205 g/mol. The first-order chi connectivity index (χ1) is 7.29. The molecule has 15 heavy (non-hydrogen) atoms. The lowest BCUT2D eigenvalue weighted by atomic mass is 10.1. The van der Waals surface area contributed by atoms with E-state index in [9.17, 15) is 0 Å². The molecule has 0 aliphatic carbocycles. The van der Waals surface area contributed by atoms with Gasteiger partial charge in [-0.15, -0.1) is 0 Å². The minimum atomic E-state index is 0.695. The zero-order valence-corrected chi connectivity index (χ0v) is 8.94. The molecule has 0 saturated carbocycles. The fourth-order valence-corrected chi connectivity index (χ4v) is 1.60. The van der Waals surface area contributed by atoms with Gasteiger partial charge in [0.2, 0.25) is 5.95 Å². The third-order valence-electron chi connectivity index (χ3n) is 2.60. The summed E-state index contributed by atoms with van der Waals surface area (Å²) in [6.45, 7) is 5.91. The van der Waals surface area contributed by atoms with Crippen LogP contribution in [-0.2, 0) is 0 Å². The predicted octanol–water partition coefficient (Wildman–Crippen LogP) is 1.64. The summed E-state index contributed by atoms with van der Waals surface area (Å²) in [4.78, 5) is 10.7. The van der Waals surface area contributed by atoms with Crippen LogP contribution in [0.2, 0.25) is 0 Å². The molecule has 0 bridgehead atoms. The van der Waals surface area contributed by atoms with Gasteiger partial charge in [-0.1, -0.05) is 12.2 Å². The van der Waals surface area contributed by atoms with Gasteiger partial charge in [-0.3, -0.25) is 0 Å². The highest BCUT2D eigenvalue weighted by Crippen LogP contribution is 2.19. The molecule has 0 amide bonds. The second-order valence-electron chi connectivity index (χ2n) is 3.66. The Morgan fingerprint density at radius 2 is 1.87 bits per heavy atom. The highest BCUT2D eigenvalue weighted by Gasteiger charge is 2.14. The van der Waals surface area contributed by atoms with Crippen LogP contribution in [0.3, 0.4) is 0 Å². The van der Waals surface area contributed by atoms with E-state index in [1.807, 2.05) is 0 Å². The normalized spacial score (nSPS) is 16.6. The molecule has 4 heteroatoms. The van der Waals surface area contributed by atoms with Crippen LogP contribution in [0.15, 0.2) is 24.5 Å². The Kier molecular flexibility index (Phi) is 2.85. The fourth-order valence-electron chi connectivity index (χ4n) is 1.60. The lowest BCUT2D eigenvalue weighted by Crippen LogP contribution is -2.31. The van der Waals surface area contributed by atoms with Crippen molar-refractivity contribution in [2.45, 2.75) is 12.8 Å². The fraction of sp³-hybridized carbons (Fsp3) is 0.455. The molecule has 1 saturated heterocycles. The second kappa shape index (κ2) is 4.29. The average Bonchev–Trinajstić information content (AvgIpc) is 2.30. The Bertz CT molecular complexity index is 337. The first-order valence-corrected chi connectivity index (χ1v) is 5.07. The topological polar surface area (TPSA) is 38.2 Å². The van der Waals surface area contributed by atoms with Crippen LogP contribution in [0.4, 0.5) is 5.95 Å². The van der Waals surface area contributed by atoms with Gasteiger partial charge in [0.05, 0.1) is 19.5 Å².